The van der Waals surface area contributed by atoms with E-state index in [0.717, 1.165) is 12.1 Å². The summed E-state index contributed by atoms with van der Waals surface area (Å²) >= 11 is 0. The summed E-state index contributed by atoms with van der Waals surface area (Å²) in [7, 11) is 1.30. The van der Waals surface area contributed by atoms with E-state index in [1.54, 1.807) is 20.8 Å². The van der Waals surface area contributed by atoms with Crippen LogP contribution in [0.1, 0.15) is 32.8 Å². The van der Waals surface area contributed by atoms with Crippen LogP contribution >= 0.6 is 0 Å². The lowest BCUT2D eigenvalue weighted by Crippen LogP contribution is -2.27. The number of ether oxygens (including phenoxy) is 2. The summed E-state index contributed by atoms with van der Waals surface area (Å²) in [4.78, 5) is 22.7. The van der Waals surface area contributed by atoms with E-state index in [2.05, 4.69) is 5.32 Å². The second-order valence-corrected chi connectivity index (χ2v) is 6.92. The van der Waals surface area contributed by atoms with Crippen molar-refractivity contribution in [1.82, 2.24) is 0 Å². The van der Waals surface area contributed by atoms with Gasteiger partial charge in [0, 0.05) is 24.1 Å². The summed E-state index contributed by atoms with van der Waals surface area (Å²) in [5.41, 5.74) is -1.22. The average molecular weight is 382 g/mol. The Bertz CT molecular complexity index is 826. The molecule has 0 heterocycles. The number of benzene rings is 1. The number of nitro groups is 1. The molecule has 0 spiro atoms. The number of allylic oxidation sites excluding steroid dienone is 4. The van der Waals surface area contributed by atoms with Crippen molar-refractivity contribution < 1.29 is 28.0 Å². The Morgan fingerprint density at radius 1 is 1.33 bits per heavy atom. The Labute approximate surface area is 154 Å². The number of nitrogens with zero attached hydrogens (tertiary/aromatic N) is 1. The van der Waals surface area contributed by atoms with Crippen molar-refractivity contribution in [2.24, 2.45) is 0 Å². The van der Waals surface area contributed by atoms with Crippen LogP contribution in [0.3, 0.4) is 0 Å². The molecule has 0 atom stereocenters. The number of halogens is 2. The fraction of sp³-hybridized carbons (Fsp3) is 0.389. The zero-order chi connectivity index (χ0) is 20.4. The Morgan fingerprint density at radius 3 is 2.52 bits per heavy atom. The lowest BCUT2D eigenvalue weighted by Gasteiger charge is -2.20. The molecular weight excluding hydrogens is 362 g/mol. The molecule has 0 aliphatic heterocycles. The van der Waals surface area contributed by atoms with Gasteiger partial charge >= 0.3 is 6.09 Å². The fourth-order valence-corrected chi connectivity index (χ4v) is 2.47. The minimum Gasteiger partial charge on any atom is -0.496 e. The molecule has 1 aromatic carbocycles. The third-order valence-electron chi connectivity index (χ3n) is 3.52. The van der Waals surface area contributed by atoms with Crippen LogP contribution in [-0.2, 0) is 4.74 Å². The summed E-state index contributed by atoms with van der Waals surface area (Å²) in [6, 6.07) is 2.29. The SMILES string of the molecule is COc1cc(NC(=O)OC(C)(C)C)c([N+](=O)[O-])cc1C1=CC(F)(F)CC=C1. The summed E-state index contributed by atoms with van der Waals surface area (Å²) in [6.45, 7) is 4.94. The monoisotopic (exact) mass is 382 g/mol. The highest BCUT2D eigenvalue weighted by molar-refractivity contribution is 5.91. The van der Waals surface area contributed by atoms with Gasteiger partial charge in [-0.3, -0.25) is 15.4 Å². The van der Waals surface area contributed by atoms with E-state index in [-0.39, 0.29) is 22.6 Å². The topological polar surface area (TPSA) is 90.7 Å². The largest absolute Gasteiger partial charge is 0.496 e. The second kappa shape index (κ2) is 7.34. The molecule has 146 valence electrons. The summed E-state index contributed by atoms with van der Waals surface area (Å²) < 4.78 is 37.6. The molecule has 7 nitrogen and oxygen atoms in total. The Hall–Kier alpha value is -2.97. The molecule has 0 saturated heterocycles. The third kappa shape index (κ3) is 5.25. The van der Waals surface area contributed by atoms with E-state index in [4.69, 9.17) is 9.47 Å². The van der Waals surface area contributed by atoms with Crippen molar-refractivity contribution in [1.29, 1.82) is 0 Å². The van der Waals surface area contributed by atoms with Crippen LogP contribution < -0.4 is 10.1 Å². The predicted molar refractivity (Wildman–Crippen MR) is 96.2 cm³/mol. The minimum atomic E-state index is -3.06. The van der Waals surface area contributed by atoms with Gasteiger partial charge in [0.2, 0.25) is 0 Å². The molecule has 1 aromatic rings. The van der Waals surface area contributed by atoms with Crippen molar-refractivity contribution in [2.45, 2.75) is 38.7 Å². The van der Waals surface area contributed by atoms with Gasteiger partial charge in [0.25, 0.3) is 11.6 Å². The number of hydrogen-bond donors (Lipinski definition) is 1. The van der Waals surface area contributed by atoms with Crippen LogP contribution in [0.5, 0.6) is 5.75 Å². The van der Waals surface area contributed by atoms with Crippen LogP contribution in [0.15, 0.2) is 30.4 Å². The minimum absolute atomic E-state index is 0.0926. The van der Waals surface area contributed by atoms with Crippen LogP contribution in [-0.4, -0.2) is 29.6 Å². The molecule has 2 rings (SSSR count). The van der Waals surface area contributed by atoms with Crippen molar-refractivity contribution >= 4 is 23.0 Å². The molecule has 1 aliphatic rings. The van der Waals surface area contributed by atoms with E-state index in [1.807, 2.05) is 0 Å². The number of anilines is 1. The fourth-order valence-electron chi connectivity index (χ4n) is 2.47. The molecule has 0 saturated carbocycles. The standard InChI is InChI=1S/C18H20F2N2O5/c1-17(2,3)27-16(23)21-13-9-15(26-4)12(8-14(13)22(24)25)11-6-5-7-18(19,20)10-11/h5-6,8-10H,7H2,1-4H3,(H,21,23). The number of rotatable bonds is 4. The van der Waals surface area contributed by atoms with Gasteiger partial charge in [-0.25, -0.2) is 13.6 Å². The summed E-state index contributed by atoms with van der Waals surface area (Å²) in [6.07, 6.45) is 2.13. The Morgan fingerprint density at radius 2 is 2.00 bits per heavy atom. The smallest absolute Gasteiger partial charge is 0.412 e. The molecule has 0 radical (unpaired) electrons. The molecule has 0 unspecified atom stereocenters. The first-order valence-electron chi connectivity index (χ1n) is 8.06. The van der Waals surface area contributed by atoms with Gasteiger partial charge in [0.05, 0.1) is 12.0 Å². The molecule has 9 heteroatoms. The van der Waals surface area contributed by atoms with Gasteiger partial charge in [0.15, 0.2) is 0 Å². The van der Waals surface area contributed by atoms with Crippen molar-refractivity contribution in [3.05, 3.63) is 46.0 Å². The van der Waals surface area contributed by atoms with Gasteiger partial charge in [-0.1, -0.05) is 12.2 Å². The van der Waals surface area contributed by atoms with E-state index >= 15 is 0 Å². The Kier molecular flexibility index (Phi) is 5.53. The maximum Gasteiger partial charge on any atom is 0.412 e. The van der Waals surface area contributed by atoms with Crippen LogP contribution in [0, 0.1) is 10.1 Å². The number of nitrogens with one attached hydrogen (secondary N) is 1. The number of methoxy groups -OCH3 is 1. The van der Waals surface area contributed by atoms with Gasteiger partial charge in [-0.2, -0.15) is 0 Å². The van der Waals surface area contributed by atoms with Gasteiger partial charge < -0.3 is 9.47 Å². The number of amides is 1. The van der Waals surface area contributed by atoms with Gasteiger partial charge in [-0.05, 0) is 32.4 Å². The highest BCUT2D eigenvalue weighted by Crippen LogP contribution is 2.40. The highest BCUT2D eigenvalue weighted by atomic mass is 19.3. The first-order chi connectivity index (χ1) is 12.4. The number of carbonyl (C=O) groups excluding carboxylic acids is 1. The van der Waals surface area contributed by atoms with Crippen molar-refractivity contribution in [2.75, 3.05) is 12.4 Å². The quantitative estimate of drug-likeness (QED) is 0.589. The second-order valence-electron chi connectivity index (χ2n) is 6.92. The molecule has 1 N–H and O–H groups in total. The molecular formula is C18H20F2N2O5. The zero-order valence-electron chi connectivity index (χ0n) is 15.3. The molecule has 0 aromatic heterocycles. The average Bonchev–Trinajstić information content (AvgIpc) is 2.51. The molecule has 0 fully saturated rings. The maximum atomic E-state index is 13.7. The van der Waals surface area contributed by atoms with Crippen LogP contribution in [0.4, 0.5) is 25.0 Å². The first-order valence-corrected chi connectivity index (χ1v) is 8.06. The molecule has 0 bridgehead atoms. The lowest BCUT2D eigenvalue weighted by atomic mass is 9.96. The molecule has 1 aliphatic carbocycles. The van der Waals surface area contributed by atoms with E-state index in [0.29, 0.717) is 0 Å². The van der Waals surface area contributed by atoms with Crippen LogP contribution in [0.2, 0.25) is 0 Å². The van der Waals surface area contributed by atoms with Gasteiger partial charge in [0.1, 0.15) is 17.0 Å². The molecule has 27 heavy (non-hydrogen) atoms. The van der Waals surface area contributed by atoms with E-state index in [9.17, 15) is 23.7 Å². The molecule has 1 amide bonds. The number of carbonyl (C=O) groups is 1. The number of nitro benzene ring substituents is 1. The normalized spacial score (nSPS) is 15.7. The van der Waals surface area contributed by atoms with Gasteiger partial charge in [-0.15, -0.1) is 0 Å². The lowest BCUT2D eigenvalue weighted by molar-refractivity contribution is -0.384. The highest BCUT2D eigenvalue weighted by Gasteiger charge is 2.30. The van der Waals surface area contributed by atoms with Crippen molar-refractivity contribution in [3.8, 4) is 5.75 Å². The number of hydrogen-bond acceptors (Lipinski definition) is 5. The number of alkyl halides is 2. The van der Waals surface area contributed by atoms with Crippen molar-refractivity contribution in [3.63, 3.8) is 0 Å². The zero-order valence-corrected chi connectivity index (χ0v) is 15.3. The van der Waals surface area contributed by atoms with E-state index in [1.165, 1.54) is 25.3 Å². The van der Waals surface area contributed by atoms with Crippen LogP contribution in [0.25, 0.3) is 5.57 Å². The van der Waals surface area contributed by atoms with E-state index < -0.39 is 34.6 Å². The summed E-state index contributed by atoms with van der Waals surface area (Å²) in [5.74, 6) is -2.96. The summed E-state index contributed by atoms with van der Waals surface area (Å²) in [5, 5.41) is 13.7. The maximum absolute atomic E-state index is 13.7. The Balaban J connectivity index is 2.49. The predicted octanol–water partition coefficient (Wildman–Crippen LogP) is 4.93. The first kappa shape index (κ1) is 20.3. The third-order valence-corrected chi connectivity index (χ3v) is 3.52.